The van der Waals surface area contributed by atoms with Crippen molar-refractivity contribution in [2.24, 2.45) is 0 Å². The number of nitrogens with zero attached hydrogens (tertiary/aromatic N) is 2. The highest BCUT2D eigenvalue weighted by atomic mass is 16.5. The lowest BCUT2D eigenvalue weighted by molar-refractivity contribution is -0.119. The molecule has 0 aliphatic carbocycles. The number of esters is 1. The normalized spacial score (nSPS) is 11.5. The molecule has 0 spiro atoms. The van der Waals surface area contributed by atoms with Gasteiger partial charge >= 0.3 is 5.97 Å². The fourth-order valence-electron chi connectivity index (χ4n) is 2.91. The fraction of sp³-hybridized carbons (Fsp3) is 0.217. The Labute approximate surface area is 179 Å². The molecule has 0 aliphatic heterocycles. The van der Waals surface area contributed by atoms with E-state index < -0.39 is 23.5 Å². The third-order valence-corrected chi connectivity index (χ3v) is 4.61. The van der Waals surface area contributed by atoms with Gasteiger partial charge in [0.1, 0.15) is 11.8 Å². The van der Waals surface area contributed by atoms with Crippen molar-refractivity contribution < 1.29 is 19.1 Å². The Morgan fingerprint density at radius 1 is 1.03 bits per heavy atom. The number of methoxy groups -OCH3 is 1. The van der Waals surface area contributed by atoms with Crippen molar-refractivity contribution in [3.05, 3.63) is 76.6 Å². The van der Waals surface area contributed by atoms with E-state index in [0.717, 1.165) is 16.0 Å². The molecule has 0 saturated heterocycles. The lowest BCUT2D eigenvalue weighted by Crippen LogP contribution is -2.33. The quantitative estimate of drug-likeness (QED) is 0.588. The van der Waals surface area contributed by atoms with Crippen LogP contribution in [-0.4, -0.2) is 35.4 Å². The van der Waals surface area contributed by atoms with Crippen LogP contribution in [0.2, 0.25) is 0 Å². The highest BCUT2D eigenvalue weighted by Gasteiger charge is 2.18. The minimum atomic E-state index is -0.851. The summed E-state index contributed by atoms with van der Waals surface area (Å²) >= 11 is 0. The van der Waals surface area contributed by atoms with Crippen LogP contribution in [0.15, 0.2) is 65.5 Å². The Morgan fingerprint density at radius 2 is 1.71 bits per heavy atom. The number of amides is 1. The van der Waals surface area contributed by atoms with E-state index in [-0.39, 0.29) is 0 Å². The molecule has 1 aromatic heterocycles. The number of hydrogen-bond acceptors (Lipinski definition) is 6. The number of hydrogen-bond donors (Lipinski definition) is 1. The van der Waals surface area contributed by atoms with Crippen molar-refractivity contribution in [3.63, 3.8) is 0 Å². The van der Waals surface area contributed by atoms with Crippen LogP contribution < -0.4 is 15.6 Å². The summed E-state index contributed by atoms with van der Waals surface area (Å²) in [4.78, 5) is 36.5. The van der Waals surface area contributed by atoms with E-state index in [1.54, 1.807) is 37.3 Å². The molecule has 8 heteroatoms. The second-order valence-corrected chi connectivity index (χ2v) is 6.69. The third kappa shape index (κ3) is 5.16. The molecular weight excluding hydrogens is 398 g/mol. The molecule has 2 aromatic carbocycles. The Kier molecular flexibility index (Phi) is 6.81. The Bertz CT molecular complexity index is 1120. The summed E-state index contributed by atoms with van der Waals surface area (Å²) in [6.07, 6.45) is 0. The lowest BCUT2D eigenvalue weighted by Gasteiger charge is -2.15. The molecule has 0 bridgehead atoms. The van der Waals surface area contributed by atoms with Gasteiger partial charge in [-0.05, 0) is 68.4 Å². The first kappa shape index (κ1) is 21.8. The Hall–Kier alpha value is -3.94. The molecule has 1 unspecified atom stereocenters. The first-order valence-electron chi connectivity index (χ1n) is 9.75. The minimum absolute atomic E-state index is 0.370. The van der Waals surface area contributed by atoms with E-state index in [4.69, 9.17) is 4.74 Å². The molecule has 1 N–H and O–H groups in total. The topological polar surface area (TPSA) is 99.5 Å². The molecule has 3 aromatic rings. The van der Waals surface area contributed by atoms with Crippen LogP contribution in [0.4, 0.5) is 5.69 Å². The molecule has 8 nitrogen and oxygen atoms in total. The molecule has 1 amide bonds. The number of aromatic nitrogens is 2. The summed E-state index contributed by atoms with van der Waals surface area (Å²) in [5, 5.41) is 7.10. The van der Waals surface area contributed by atoms with Gasteiger partial charge in [0.2, 0.25) is 5.91 Å². The minimum Gasteiger partial charge on any atom is -0.494 e. The number of benzene rings is 2. The van der Waals surface area contributed by atoms with Crippen LogP contribution in [0.25, 0.3) is 11.3 Å². The first-order chi connectivity index (χ1) is 14.9. The maximum atomic E-state index is 12.7. The highest BCUT2D eigenvalue weighted by Crippen LogP contribution is 2.20. The number of anilines is 1. The van der Waals surface area contributed by atoms with Gasteiger partial charge in [-0.15, -0.1) is 0 Å². The molecule has 160 valence electrons. The van der Waals surface area contributed by atoms with E-state index in [0.29, 0.717) is 23.6 Å². The predicted molar refractivity (Wildman–Crippen MR) is 116 cm³/mol. The Balaban J connectivity index is 1.78. The van der Waals surface area contributed by atoms with Gasteiger partial charge in [-0.3, -0.25) is 9.59 Å². The molecule has 0 fully saturated rings. The largest absolute Gasteiger partial charge is 0.494 e. The van der Waals surface area contributed by atoms with Crippen LogP contribution in [0.5, 0.6) is 5.75 Å². The van der Waals surface area contributed by atoms with Gasteiger partial charge in [-0.2, -0.15) is 5.10 Å². The van der Waals surface area contributed by atoms with Gasteiger partial charge in [-0.25, -0.2) is 9.48 Å². The van der Waals surface area contributed by atoms with Crippen molar-refractivity contribution in [3.8, 4) is 17.0 Å². The summed E-state index contributed by atoms with van der Waals surface area (Å²) in [5.41, 5.74) is 1.82. The van der Waals surface area contributed by atoms with Gasteiger partial charge in [0.15, 0.2) is 0 Å². The molecule has 0 radical (unpaired) electrons. The average Bonchev–Trinajstić information content (AvgIpc) is 2.79. The molecule has 31 heavy (non-hydrogen) atoms. The summed E-state index contributed by atoms with van der Waals surface area (Å²) in [6, 6.07) is 15.7. The van der Waals surface area contributed by atoms with Crippen LogP contribution in [0.3, 0.4) is 0 Å². The molecule has 1 heterocycles. The maximum Gasteiger partial charge on any atom is 0.337 e. The standard InChI is InChI=1S/C23H23N3O5/c1-4-31-19-11-7-16(8-12-19)20-13-14-21(27)26(25-20)15(2)22(28)24-18-9-5-17(6-10-18)23(29)30-3/h5-15H,4H2,1-3H3,(H,24,28). The maximum absolute atomic E-state index is 12.7. The second-order valence-electron chi connectivity index (χ2n) is 6.69. The number of carbonyl (C=O) groups is 2. The monoisotopic (exact) mass is 421 g/mol. The van der Waals surface area contributed by atoms with E-state index in [2.05, 4.69) is 15.2 Å². The van der Waals surface area contributed by atoms with Crippen molar-refractivity contribution in [1.82, 2.24) is 9.78 Å². The van der Waals surface area contributed by atoms with E-state index in [1.807, 2.05) is 31.2 Å². The van der Waals surface area contributed by atoms with Crippen molar-refractivity contribution in [2.75, 3.05) is 19.0 Å². The van der Waals surface area contributed by atoms with Crippen molar-refractivity contribution in [2.45, 2.75) is 19.9 Å². The summed E-state index contributed by atoms with van der Waals surface area (Å²) in [6.45, 7) is 4.07. The van der Waals surface area contributed by atoms with Crippen LogP contribution >= 0.6 is 0 Å². The Morgan fingerprint density at radius 3 is 2.32 bits per heavy atom. The van der Waals surface area contributed by atoms with Crippen LogP contribution in [0.1, 0.15) is 30.2 Å². The van der Waals surface area contributed by atoms with Gasteiger partial charge in [0.05, 0.1) is 25.0 Å². The van der Waals surface area contributed by atoms with Crippen LogP contribution in [-0.2, 0) is 9.53 Å². The number of nitrogens with one attached hydrogen (secondary N) is 1. The zero-order valence-corrected chi connectivity index (χ0v) is 17.5. The van der Waals surface area contributed by atoms with Crippen molar-refractivity contribution >= 4 is 17.6 Å². The van der Waals surface area contributed by atoms with Crippen LogP contribution in [0, 0.1) is 0 Å². The molecule has 3 rings (SSSR count). The fourth-order valence-corrected chi connectivity index (χ4v) is 2.91. The SMILES string of the molecule is CCOc1ccc(-c2ccc(=O)n(C(C)C(=O)Nc3ccc(C(=O)OC)cc3)n2)cc1. The summed E-state index contributed by atoms with van der Waals surface area (Å²) < 4.78 is 11.2. The average molecular weight is 421 g/mol. The third-order valence-electron chi connectivity index (χ3n) is 4.61. The van der Waals surface area contributed by atoms with E-state index in [9.17, 15) is 14.4 Å². The second kappa shape index (κ2) is 9.71. The summed E-state index contributed by atoms with van der Waals surface area (Å²) in [5.74, 6) is -0.136. The molecule has 1 atom stereocenters. The van der Waals surface area contributed by atoms with Gasteiger partial charge in [0.25, 0.3) is 5.56 Å². The molecular formula is C23H23N3O5. The first-order valence-corrected chi connectivity index (χ1v) is 9.75. The predicted octanol–water partition coefficient (Wildman–Crippen LogP) is 3.30. The highest BCUT2D eigenvalue weighted by molar-refractivity contribution is 5.94. The lowest BCUT2D eigenvalue weighted by atomic mass is 10.1. The van der Waals surface area contributed by atoms with Gasteiger partial charge < -0.3 is 14.8 Å². The van der Waals surface area contributed by atoms with E-state index >= 15 is 0 Å². The molecule has 0 aliphatic rings. The number of rotatable bonds is 7. The van der Waals surface area contributed by atoms with E-state index in [1.165, 1.54) is 13.2 Å². The zero-order valence-electron chi connectivity index (χ0n) is 17.5. The zero-order chi connectivity index (χ0) is 22.4. The molecule has 0 saturated carbocycles. The van der Waals surface area contributed by atoms with Gasteiger partial charge in [-0.1, -0.05) is 0 Å². The number of carbonyl (C=O) groups excluding carboxylic acids is 2. The van der Waals surface area contributed by atoms with Crippen molar-refractivity contribution in [1.29, 1.82) is 0 Å². The summed E-state index contributed by atoms with van der Waals surface area (Å²) in [7, 11) is 1.30. The van der Waals surface area contributed by atoms with Gasteiger partial charge in [0, 0.05) is 17.3 Å². The number of ether oxygens (including phenoxy) is 2. The smallest absolute Gasteiger partial charge is 0.337 e.